The standard InChI is InChI=1S/C16H30N4O2/c1-14(2)15(3)18-16(21)13-20(6-4-5-17)8-7-19-9-11-22-12-10-19/h14-15H,4,6-13H2,1-3H3,(H,18,21). The van der Waals surface area contributed by atoms with Crippen molar-refractivity contribution in [2.24, 2.45) is 5.92 Å². The number of morpholine rings is 1. The molecule has 0 radical (unpaired) electrons. The fraction of sp³-hybridized carbons (Fsp3) is 0.875. The van der Waals surface area contributed by atoms with Gasteiger partial charge >= 0.3 is 0 Å². The quantitative estimate of drug-likeness (QED) is 0.679. The average Bonchev–Trinajstić information content (AvgIpc) is 2.50. The number of nitrogens with one attached hydrogen (secondary N) is 1. The predicted octanol–water partition coefficient (Wildman–Crippen LogP) is 0.695. The molecule has 1 saturated heterocycles. The molecule has 1 fully saturated rings. The van der Waals surface area contributed by atoms with Crippen molar-refractivity contribution in [1.29, 1.82) is 5.26 Å². The third-order valence-corrected chi connectivity index (χ3v) is 4.13. The van der Waals surface area contributed by atoms with Crippen LogP contribution in [0.1, 0.15) is 27.2 Å². The number of carbonyl (C=O) groups excluding carboxylic acids is 1. The van der Waals surface area contributed by atoms with E-state index in [9.17, 15) is 4.79 Å². The predicted molar refractivity (Wildman–Crippen MR) is 86.4 cm³/mol. The summed E-state index contributed by atoms with van der Waals surface area (Å²) in [4.78, 5) is 16.5. The van der Waals surface area contributed by atoms with Crippen LogP contribution < -0.4 is 5.32 Å². The van der Waals surface area contributed by atoms with Crippen molar-refractivity contribution in [2.75, 3.05) is 52.5 Å². The first-order chi connectivity index (χ1) is 10.5. The van der Waals surface area contributed by atoms with Gasteiger partial charge in [-0.05, 0) is 12.8 Å². The molecule has 6 nitrogen and oxygen atoms in total. The van der Waals surface area contributed by atoms with Crippen molar-refractivity contribution >= 4 is 5.91 Å². The molecule has 0 aromatic heterocycles. The molecule has 1 amide bonds. The van der Waals surface area contributed by atoms with Crippen LogP contribution in [0, 0.1) is 17.2 Å². The van der Waals surface area contributed by atoms with Gasteiger partial charge in [0, 0.05) is 45.2 Å². The average molecular weight is 310 g/mol. The van der Waals surface area contributed by atoms with Gasteiger partial charge in [0.2, 0.25) is 5.91 Å². The second-order valence-electron chi connectivity index (χ2n) is 6.24. The Hall–Kier alpha value is -1.16. The highest BCUT2D eigenvalue weighted by atomic mass is 16.5. The van der Waals surface area contributed by atoms with Crippen LogP contribution in [0.2, 0.25) is 0 Å². The summed E-state index contributed by atoms with van der Waals surface area (Å²) in [6.07, 6.45) is 0.454. The van der Waals surface area contributed by atoms with Crippen LogP contribution in [0.4, 0.5) is 0 Å². The molecule has 1 N–H and O–H groups in total. The Kier molecular flexibility index (Phi) is 9.05. The van der Waals surface area contributed by atoms with E-state index in [4.69, 9.17) is 10.00 Å². The molecule has 0 bridgehead atoms. The summed E-state index contributed by atoms with van der Waals surface area (Å²) < 4.78 is 5.34. The van der Waals surface area contributed by atoms with Gasteiger partial charge in [0.25, 0.3) is 0 Å². The molecule has 1 rings (SSSR count). The van der Waals surface area contributed by atoms with Crippen LogP contribution in [0.3, 0.4) is 0 Å². The smallest absolute Gasteiger partial charge is 0.234 e. The van der Waals surface area contributed by atoms with Crippen molar-refractivity contribution in [3.05, 3.63) is 0 Å². The lowest BCUT2D eigenvalue weighted by Crippen LogP contribution is -2.46. The number of nitriles is 1. The molecule has 0 spiro atoms. The van der Waals surface area contributed by atoms with Gasteiger partial charge in [-0.3, -0.25) is 14.6 Å². The first-order valence-corrected chi connectivity index (χ1v) is 8.21. The molecule has 0 saturated carbocycles. The molecule has 1 unspecified atom stereocenters. The number of rotatable bonds is 9. The van der Waals surface area contributed by atoms with E-state index in [1.54, 1.807) is 0 Å². The maximum Gasteiger partial charge on any atom is 0.234 e. The summed E-state index contributed by atoms with van der Waals surface area (Å²) in [5, 5.41) is 11.8. The van der Waals surface area contributed by atoms with Gasteiger partial charge in [0.05, 0.1) is 25.8 Å². The Balaban J connectivity index is 2.38. The Morgan fingerprint density at radius 2 is 2.00 bits per heavy atom. The first-order valence-electron chi connectivity index (χ1n) is 8.21. The molecule has 0 aliphatic carbocycles. The van der Waals surface area contributed by atoms with Crippen molar-refractivity contribution < 1.29 is 9.53 Å². The molecule has 0 aromatic carbocycles. The molecular formula is C16H30N4O2. The van der Waals surface area contributed by atoms with Crippen LogP contribution in [0.15, 0.2) is 0 Å². The van der Waals surface area contributed by atoms with E-state index in [0.29, 0.717) is 25.4 Å². The lowest BCUT2D eigenvalue weighted by molar-refractivity contribution is -0.123. The first kappa shape index (κ1) is 18.9. The van der Waals surface area contributed by atoms with Crippen molar-refractivity contribution in [3.63, 3.8) is 0 Å². The number of amides is 1. The van der Waals surface area contributed by atoms with Crippen LogP contribution in [0.25, 0.3) is 0 Å². The number of carbonyl (C=O) groups is 1. The van der Waals surface area contributed by atoms with Crippen LogP contribution in [0.5, 0.6) is 0 Å². The van der Waals surface area contributed by atoms with Crippen LogP contribution >= 0.6 is 0 Å². The van der Waals surface area contributed by atoms with Gasteiger partial charge in [0.15, 0.2) is 0 Å². The summed E-state index contributed by atoms with van der Waals surface area (Å²) in [6, 6.07) is 2.33. The number of ether oxygens (including phenoxy) is 1. The Bertz CT molecular complexity index is 362. The number of nitrogens with zero attached hydrogens (tertiary/aromatic N) is 3. The SMILES string of the molecule is CC(C)C(C)NC(=O)CN(CCC#N)CCN1CCOCC1. The van der Waals surface area contributed by atoms with Gasteiger partial charge in [-0.25, -0.2) is 0 Å². The monoisotopic (exact) mass is 310 g/mol. The molecule has 1 aliphatic rings. The third kappa shape index (κ3) is 7.74. The van der Waals surface area contributed by atoms with Crippen molar-refractivity contribution in [3.8, 4) is 6.07 Å². The van der Waals surface area contributed by atoms with Gasteiger partial charge in [-0.2, -0.15) is 5.26 Å². The minimum atomic E-state index is 0.0427. The van der Waals surface area contributed by atoms with E-state index in [2.05, 4.69) is 35.0 Å². The highest BCUT2D eigenvalue weighted by Gasteiger charge is 2.16. The molecule has 1 atom stereocenters. The van der Waals surface area contributed by atoms with Crippen molar-refractivity contribution in [1.82, 2.24) is 15.1 Å². The second-order valence-corrected chi connectivity index (χ2v) is 6.24. The maximum absolute atomic E-state index is 12.1. The minimum Gasteiger partial charge on any atom is -0.379 e. The topological polar surface area (TPSA) is 68.6 Å². The highest BCUT2D eigenvalue weighted by molar-refractivity contribution is 5.78. The van der Waals surface area contributed by atoms with E-state index in [1.165, 1.54) is 0 Å². The van der Waals surface area contributed by atoms with Gasteiger partial charge in [-0.15, -0.1) is 0 Å². The summed E-state index contributed by atoms with van der Waals surface area (Å²) in [6.45, 7) is 12.4. The Labute approximate surface area is 134 Å². The molecular weight excluding hydrogens is 280 g/mol. The molecule has 126 valence electrons. The number of hydrogen-bond acceptors (Lipinski definition) is 5. The zero-order valence-corrected chi connectivity index (χ0v) is 14.2. The fourth-order valence-corrected chi connectivity index (χ4v) is 2.25. The van der Waals surface area contributed by atoms with E-state index in [1.807, 2.05) is 6.92 Å². The van der Waals surface area contributed by atoms with E-state index < -0.39 is 0 Å². The fourth-order valence-electron chi connectivity index (χ4n) is 2.25. The third-order valence-electron chi connectivity index (χ3n) is 4.13. The normalized spacial score (nSPS) is 17.5. The molecule has 0 aromatic rings. The Morgan fingerprint density at radius 3 is 2.59 bits per heavy atom. The molecule has 1 heterocycles. The Morgan fingerprint density at radius 1 is 1.32 bits per heavy atom. The lowest BCUT2D eigenvalue weighted by Gasteiger charge is -2.30. The summed E-state index contributed by atoms with van der Waals surface area (Å²) in [7, 11) is 0. The summed E-state index contributed by atoms with van der Waals surface area (Å²) >= 11 is 0. The van der Waals surface area contributed by atoms with Gasteiger partial charge in [0.1, 0.15) is 0 Å². The van der Waals surface area contributed by atoms with E-state index in [0.717, 1.165) is 39.4 Å². The largest absolute Gasteiger partial charge is 0.379 e. The molecule has 6 heteroatoms. The van der Waals surface area contributed by atoms with Gasteiger partial charge < -0.3 is 10.1 Å². The van der Waals surface area contributed by atoms with Gasteiger partial charge in [-0.1, -0.05) is 13.8 Å². The minimum absolute atomic E-state index is 0.0427. The zero-order chi connectivity index (χ0) is 16.4. The van der Waals surface area contributed by atoms with Crippen LogP contribution in [-0.4, -0.2) is 74.2 Å². The van der Waals surface area contributed by atoms with E-state index in [-0.39, 0.29) is 11.9 Å². The zero-order valence-electron chi connectivity index (χ0n) is 14.2. The highest BCUT2D eigenvalue weighted by Crippen LogP contribution is 2.01. The second kappa shape index (κ2) is 10.5. The summed E-state index contributed by atoms with van der Waals surface area (Å²) in [5.41, 5.74) is 0. The van der Waals surface area contributed by atoms with Crippen LogP contribution in [-0.2, 0) is 9.53 Å². The van der Waals surface area contributed by atoms with E-state index >= 15 is 0 Å². The lowest BCUT2D eigenvalue weighted by atomic mass is 10.1. The summed E-state index contributed by atoms with van der Waals surface area (Å²) in [5.74, 6) is 0.464. The molecule has 22 heavy (non-hydrogen) atoms. The number of hydrogen-bond donors (Lipinski definition) is 1. The maximum atomic E-state index is 12.1. The molecule has 1 aliphatic heterocycles. The van der Waals surface area contributed by atoms with Crippen molar-refractivity contribution in [2.45, 2.75) is 33.2 Å².